The Hall–Kier alpha value is -2.37. The molecule has 2 aromatic rings. The van der Waals surface area contributed by atoms with Gasteiger partial charge in [0.15, 0.2) is 0 Å². The highest BCUT2D eigenvalue weighted by Gasteiger charge is 2.30. The van der Waals surface area contributed by atoms with Crippen molar-refractivity contribution in [2.45, 2.75) is 19.5 Å². The van der Waals surface area contributed by atoms with Gasteiger partial charge in [-0.05, 0) is 30.2 Å². The summed E-state index contributed by atoms with van der Waals surface area (Å²) >= 11 is 5.89. The number of nitrogens with zero attached hydrogens (tertiary/aromatic N) is 2. The predicted octanol–water partition coefficient (Wildman–Crippen LogP) is 2.52. The Morgan fingerprint density at radius 2 is 1.77 bits per heavy atom. The van der Waals surface area contributed by atoms with Crippen LogP contribution in [0.2, 0.25) is 5.02 Å². The summed E-state index contributed by atoms with van der Waals surface area (Å²) in [6, 6.07) is 14.2. The van der Waals surface area contributed by atoms with Gasteiger partial charge in [-0.25, -0.2) is 0 Å². The third-order valence-electron chi connectivity index (χ3n) is 4.62. The summed E-state index contributed by atoms with van der Waals surface area (Å²) in [6.07, 6.45) is 0. The molecule has 1 heterocycles. The standard InChI is InChI=1S/C20H22ClN3O2/c1-14-2-6-16(7-3-14)19(22)20(26)24-11-10-23(18(25)13-24)12-15-4-8-17(21)9-5-15/h2-9,19H,10-13,22H2,1H3. The van der Waals surface area contributed by atoms with Crippen molar-refractivity contribution in [1.82, 2.24) is 9.80 Å². The van der Waals surface area contributed by atoms with Crippen LogP contribution in [-0.4, -0.2) is 41.2 Å². The number of aryl methyl sites for hydroxylation is 1. The molecule has 0 radical (unpaired) electrons. The average Bonchev–Trinajstić information content (AvgIpc) is 2.64. The Morgan fingerprint density at radius 1 is 1.12 bits per heavy atom. The maximum Gasteiger partial charge on any atom is 0.244 e. The van der Waals surface area contributed by atoms with E-state index < -0.39 is 6.04 Å². The molecule has 0 spiro atoms. The largest absolute Gasteiger partial charge is 0.335 e. The van der Waals surface area contributed by atoms with Crippen molar-refractivity contribution in [3.05, 3.63) is 70.2 Å². The van der Waals surface area contributed by atoms with Gasteiger partial charge >= 0.3 is 0 Å². The van der Waals surface area contributed by atoms with E-state index in [-0.39, 0.29) is 18.4 Å². The molecule has 6 heteroatoms. The molecule has 2 amide bonds. The van der Waals surface area contributed by atoms with Gasteiger partial charge in [0.05, 0.1) is 6.54 Å². The fourth-order valence-corrected chi connectivity index (χ4v) is 3.11. The molecular formula is C20H22ClN3O2. The van der Waals surface area contributed by atoms with Crippen molar-refractivity contribution in [2.24, 2.45) is 5.73 Å². The summed E-state index contributed by atoms with van der Waals surface area (Å²) in [6.45, 7) is 3.54. The third kappa shape index (κ3) is 4.23. The van der Waals surface area contributed by atoms with Crippen molar-refractivity contribution < 1.29 is 9.59 Å². The maximum atomic E-state index is 12.6. The molecule has 0 saturated carbocycles. The van der Waals surface area contributed by atoms with Gasteiger partial charge in [-0.2, -0.15) is 0 Å². The number of halogens is 1. The smallest absolute Gasteiger partial charge is 0.244 e. The van der Waals surface area contributed by atoms with E-state index >= 15 is 0 Å². The lowest BCUT2D eigenvalue weighted by Crippen LogP contribution is -2.53. The van der Waals surface area contributed by atoms with Gasteiger partial charge < -0.3 is 15.5 Å². The number of rotatable bonds is 4. The van der Waals surface area contributed by atoms with Gasteiger partial charge in [0, 0.05) is 24.7 Å². The molecule has 1 unspecified atom stereocenters. The van der Waals surface area contributed by atoms with E-state index in [1.165, 1.54) is 0 Å². The normalized spacial score (nSPS) is 15.9. The Balaban J connectivity index is 1.60. The summed E-state index contributed by atoms with van der Waals surface area (Å²) in [5, 5.41) is 0.667. The minimum Gasteiger partial charge on any atom is -0.335 e. The lowest BCUT2D eigenvalue weighted by Gasteiger charge is -2.35. The summed E-state index contributed by atoms with van der Waals surface area (Å²) < 4.78 is 0. The van der Waals surface area contributed by atoms with Gasteiger partial charge in [0.1, 0.15) is 6.04 Å². The zero-order valence-electron chi connectivity index (χ0n) is 14.7. The highest BCUT2D eigenvalue weighted by atomic mass is 35.5. The molecule has 136 valence electrons. The molecule has 0 aromatic heterocycles. The lowest BCUT2D eigenvalue weighted by atomic mass is 10.0. The van der Waals surface area contributed by atoms with E-state index in [4.69, 9.17) is 17.3 Å². The molecule has 3 rings (SSSR count). The molecule has 26 heavy (non-hydrogen) atoms. The average molecular weight is 372 g/mol. The second-order valence-electron chi connectivity index (χ2n) is 6.59. The SMILES string of the molecule is Cc1ccc(C(N)C(=O)N2CCN(Cc3ccc(Cl)cc3)C(=O)C2)cc1. The van der Waals surface area contributed by atoms with Crippen molar-refractivity contribution in [3.63, 3.8) is 0 Å². The molecule has 1 fully saturated rings. The molecule has 1 aliphatic rings. The summed E-state index contributed by atoms with van der Waals surface area (Å²) in [7, 11) is 0. The summed E-state index contributed by atoms with van der Waals surface area (Å²) in [5.74, 6) is -0.288. The monoisotopic (exact) mass is 371 g/mol. The minimum atomic E-state index is -0.744. The fraction of sp³-hybridized carbons (Fsp3) is 0.300. The fourth-order valence-electron chi connectivity index (χ4n) is 2.99. The Labute approximate surface area is 158 Å². The zero-order valence-corrected chi connectivity index (χ0v) is 15.4. The van der Waals surface area contributed by atoms with Crippen molar-refractivity contribution >= 4 is 23.4 Å². The first-order chi connectivity index (χ1) is 12.4. The van der Waals surface area contributed by atoms with Crippen LogP contribution in [0.4, 0.5) is 0 Å². The van der Waals surface area contributed by atoms with Gasteiger partial charge in [-0.1, -0.05) is 53.6 Å². The van der Waals surface area contributed by atoms with Crippen LogP contribution >= 0.6 is 11.6 Å². The predicted molar refractivity (Wildman–Crippen MR) is 102 cm³/mol. The molecule has 2 aromatic carbocycles. The number of carbonyl (C=O) groups is 2. The maximum absolute atomic E-state index is 12.6. The van der Waals surface area contributed by atoms with Gasteiger partial charge in [0.2, 0.25) is 11.8 Å². The highest BCUT2D eigenvalue weighted by molar-refractivity contribution is 6.30. The Morgan fingerprint density at radius 3 is 2.38 bits per heavy atom. The van der Waals surface area contributed by atoms with E-state index in [9.17, 15) is 9.59 Å². The van der Waals surface area contributed by atoms with E-state index in [0.717, 1.165) is 16.7 Å². The molecule has 1 aliphatic heterocycles. The summed E-state index contributed by atoms with van der Waals surface area (Å²) in [4.78, 5) is 28.4. The Bertz CT molecular complexity index is 790. The van der Waals surface area contributed by atoms with Crippen molar-refractivity contribution in [3.8, 4) is 0 Å². The molecule has 5 nitrogen and oxygen atoms in total. The topological polar surface area (TPSA) is 66.6 Å². The van der Waals surface area contributed by atoms with Gasteiger partial charge in [0.25, 0.3) is 0 Å². The van der Waals surface area contributed by atoms with Gasteiger partial charge in [-0.15, -0.1) is 0 Å². The van der Waals surface area contributed by atoms with Crippen molar-refractivity contribution in [2.75, 3.05) is 19.6 Å². The van der Waals surface area contributed by atoms with E-state index in [1.807, 2.05) is 55.5 Å². The first-order valence-corrected chi connectivity index (χ1v) is 8.95. The van der Waals surface area contributed by atoms with Crippen LogP contribution < -0.4 is 5.73 Å². The summed E-state index contributed by atoms with van der Waals surface area (Å²) in [5.41, 5.74) is 8.99. The van der Waals surface area contributed by atoms with Gasteiger partial charge in [-0.3, -0.25) is 9.59 Å². The molecule has 0 aliphatic carbocycles. The second kappa shape index (κ2) is 7.89. The molecule has 1 atom stereocenters. The van der Waals surface area contributed by atoms with Crippen LogP contribution in [0, 0.1) is 6.92 Å². The quantitative estimate of drug-likeness (QED) is 0.898. The number of nitrogens with two attached hydrogens (primary N) is 1. The van der Waals surface area contributed by atoms with Crippen molar-refractivity contribution in [1.29, 1.82) is 0 Å². The number of hydrogen-bond donors (Lipinski definition) is 1. The Kier molecular flexibility index (Phi) is 5.59. The van der Waals surface area contributed by atoms with E-state index in [1.54, 1.807) is 9.80 Å². The van der Waals surface area contributed by atoms with E-state index in [0.29, 0.717) is 24.7 Å². The number of benzene rings is 2. The second-order valence-corrected chi connectivity index (χ2v) is 7.03. The number of amides is 2. The molecule has 0 bridgehead atoms. The van der Waals surface area contributed by atoms with E-state index in [2.05, 4.69) is 0 Å². The molecule has 1 saturated heterocycles. The lowest BCUT2D eigenvalue weighted by molar-refractivity contribution is -0.146. The van der Waals surface area contributed by atoms with Crippen LogP contribution in [0.25, 0.3) is 0 Å². The highest BCUT2D eigenvalue weighted by Crippen LogP contribution is 2.17. The molecule has 2 N–H and O–H groups in total. The number of hydrogen-bond acceptors (Lipinski definition) is 3. The zero-order chi connectivity index (χ0) is 18.7. The number of carbonyl (C=O) groups excluding carboxylic acids is 2. The third-order valence-corrected chi connectivity index (χ3v) is 4.87. The first-order valence-electron chi connectivity index (χ1n) is 8.57. The first kappa shape index (κ1) is 18.4. The van der Waals surface area contributed by atoms with Crippen LogP contribution in [-0.2, 0) is 16.1 Å². The minimum absolute atomic E-state index is 0.0615. The van der Waals surface area contributed by atoms with Crippen LogP contribution in [0.1, 0.15) is 22.7 Å². The number of piperazine rings is 1. The van der Waals surface area contributed by atoms with Crippen LogP contribution in [0.3, 0.4) is 0 Å². The molecular weight excluding hydrogens is 350 g/mol. The van der Waals surface area contributed by atoms with Crippen LogP contribution in [0.15, 0.2) is 48.5 Å². The van der Waals surface area contributed by atoms with Crippen LogP contribution in [0.5, 0.6) is 0 Å².